The van der Waals surface area contributed by atoms with E-state index >= 15 is 0 Å². The molecule has 1 heterocycles. The highest BCUT2D eigenvalue weighted by atomic mass is 79.9. The molecule has 2 rings (SSSR count). The van der Waals surface area contributed by atoms with Crippen LogP contribution in [-0.4, -0.2) is 23.6 Å². The molecule has 1 aliphatic rings. The first-order valence-electron chi connectivity index (χ1n) is 5.94. The summed E-state index contributed by atoms with van der Waals surface area (Å²) in [6.07, 6.45) is 0. The lowest BCUT2D eigenvalue weighted by Crippen LogP contribution is -2.44. The SMILES string of the molecule is Cc1cc(N2CCSC(C)C2C)c(Br)cc1N. The van der Waals surface area contributed by atoms with Crippen LogP contribution in [-0.2, 0) is 0 Å². The highest BCUT2D eigenvalue weighted by molar-refractivity contribution is 9.10. The predicted molar refractivity (Wildman–Crippen MR) is 82.0 cm³/mol. The van der Waals surface area contributed by atoms with E-state index in [1.165, 1.54) is 11.4 Å². The van der Waals surface area contributed by atoms with Gasteiger partial charge in [0.05, 0.1) is 5.69 Å². The number of anilines is 2. The Hall–Kier alpha value is -0.350. The number of rotatable bonds is 1. The Morgan fingerprint density at radius 3 is 2.82 bits per heavy atom. The Morgan fingerprint density at radius 2 is 2.12 bits per heavy atom. The Kier molecular flexibility index (Phi) is 3.93. The van der Waals surface area contributed by atoms with Gasteiger partial charge < -0.3 is 10.6 Å². The summed E-state index contributed by atoms with van der Waals surface area (Å²) in [6.45, 7) is 7.78. The highest BCUT2D eigenvalue weighted by Crippen LogP contribution is 2.36. The molecule has 2 N–H and O–H groups in total. The van der Waals surface area contributed by atoms with Crippen LogP contribution in [0.4, 0.5) is 11.4 Å². The third-order valence-electron chi connectivity index (χ3n) is 3.53. The van der Waals surface area contributed by atoms with Crippen LogP contribution in [0.1, 0.15) is 19.4 Å². The van der Waals surface area contributed by atoms with Crippen LogP contribution in [0.15, 0.2) is 16.6 Å². The van der Waals surface area contributed by atoms with Crippen molar-refractivity contribution in [2.75, 3.05) is 22.9 Å². The second-order valence-electron chi connectivity index (χ2n) is 4.67. The van der Waals surface area contributed by atoms with Crippen molar-refractivity contribution in [3.05, 3.63) is 22.2 Å². The molecule has 0 radical (unpaired) electrons. The summed E-state index contributed by atoms with van der Waals surface area (Å²) in [5.41, 5.74) is 9.21. The molecule has 2 nitrogen and oxygen atoms in total. The van der Waals surface area contributed by atoms with E-state index < -0.39 is 0 Å². The normalized spacial score (nSPS) is 25.1. The third kappa shape index (κ3) is 2.58. The minimum Gasteiger partial charge on any atom is -0.398 e. The Labute approximate surface area is 116 Å². The molecule has 2 unspecified atom stereocenters. The predicted octanol–water partition coefficient (Wildman–Crippen LogP) is 3.67. The fourth-order valence-electron chi connectivity index (χ4n) is 2.17. The number of halogens is 1. The Morgan fingerprint density at radius 1 is 1.41 bits per heavy atom. The summed E-state index contributed by atoms with van der Waals surface area (Å²) in [7, 11) is 0. The van der Waals surface area contributed by atoms with Crippen LogP contribution in [0.5, 0.6) is 0 Å². The minimum atomic E-state index is 0.563. The lowest BCUT2D eigenvalue weighted by molar-refractivity contribution is 0.626. The van der Waals surface area contributed by atoms with Gasteiger partial charge in [-0.1, -0.05) is 6.92 Å². The van der Waals surface area contributed by atoms with Gasteiger partial charge in [0, 0.05) is 33.7 Å². The second-order valence-corrected chi connectivity index (χ2v) is 7.01. The number of hydrogen-bond donors (Lipinski definition) is 1. The van der Waals surface area contributed by atoms with Crippen molar-refractivity contribution in [2.45, 2.75) is 32.1 Å². The van der Waals surface area contributed by atoms with Crippen molar-refractivity contribution in [1.82, 2.24) is 0 Å². The molecule has 0 spiro atoms. The summed E-state index contributed by atoms with van der Waals surface area (Å²) >= 11 is 5.69. The molecule has 17 heavy (non-hydrogen) atoms. The summed E-state index contributed by atoms with van der Waals surface area (Å²) in [5, 5.41) is 0.675. The maximum atomic E-state index is 5.93. The number of nitrogens with zero attached hydrogens (tertiary/aromatic N) is 1. The molecule has 0 amide bonds. The van der Waals surface area contributed by atoms with Crippen molar-refractivity contribution in [3.63, 3.8) is 0 Å². The first-order chi connectivity index (χ1) is 8.00. The number of thioether (sulfide) groups is 1. The number of aryl methyl sites for hydroxylation is 1. The summed E-state index contributed by atoms with van der Waals surface area (Å²) in [6, 6.07) is 4.77. The molecule has 1 saturated heterocycles. The summed E-state index contributed by atoms with van der Waals surface area (Å²) < 4.78 is 1.10. The molecule has 94 valence electrons. The molecule has 1 fully saturated rings. The molecule has 4 heteroatoms. The molecule has 1 aliphatic heterocycles. The van der Waals surface area contributed by atoms with E-state index in [4.69, 9.17) is 5.73 Å². The molecule has 0 bridgehead atoms. The quantitative estimate of drug-likeness (QED) is 0.802. The number of benzene rings is 1. The minimum absolute atomic E-state index is 0.563. The maximum Gasteiger partial charge on any atom is 0.0517 e. The molecule has 0 saturated carbocycles. The zero-order valence-corrected chi connectivity index (χ0v) is 12.9. The standard InChI is InChI=1S/C13H19BrN2S/c1-8-6-13(11(14)7-12(8)15)16-4-5-17-10(3)9(16)2/h6-7,9-10H,4-5,15H2,1-3H3. The first kappa shape index (κ1) is 13.1. The number of nitrogen functional groups attached to an aromatic ring is 1. The molecule has 1 aromatic rings. The van der Waals surface area contributed by atoms with Gasteiger partial charge in [-0.05, 0) is 47.5 Å². The molecule has 2 atom stereocenters. The van der Waals surface area contributed by atoms with Crippen LogP contribution < -0.4 is 10.6 Å². The van der Waals surface area contributed by atoms with Gasteiger partial charge in [-0.3, -0.25) is 0 Å². The van der Waals surface area contributed by atoms with Gasteiger partial charge in [-0.25, -0.2) is 0 Å². The maximum absolute atomic E-state index is 5.93. The van der Waals surface area contributed by atoms with E-state index in [9.17, 15) is 0 Å². The molecule has 0 aromatic heterocycles. The van der Waals surface area contributed by atoms with E-state index in [1.807, 2.05) is 6.07 Å². The fraction of sp³-hybridized carbons (Fsp3) is 0.538. The molecule has 1 aromatic carbocycles. The number of hydrogen-bond acceptors (Lipinski definition) is 3. The van der Waals surface area contributed by atoms with E-state index in [0.29, 0.717) is 11.3 Å². The number of nitrogens with two attached hydrogens (primary N) is 1. The van der Waals surface area contributed by atoms with E-state index in [-0.39, 0.29) is 0 Å². The van der Waals surface area contributed by atoms with Crippen LogP contribution in [0.25, 0.3) is 0 Å². The average molecular weight is 315 g/mol. The van der Waals surface area contributed by atoms with Crippen LogP contribution >= 0.6 is 27.7 Å². The lowest BCUT2D eigenvalue weighted by atomic mass is 10.1. The van der Waals surface area contributed by atoms with E-state index in [2.05, 4.69) is 59.4 Å². The zero-order chi connectivity index (χ0) is 12.6. The van der Waals surface area contributed by atoms with Crippen LogP contribution in [0.2, 0.25) is 0 Å². The van der Waals surface area contributed by atoms with Gasteiger partial charge in [0.15, 0.2) is 0 Å². The van der Waals surface area contributed by atoms with Crippen molar-refractivity contribution >= 4 is 39.1 Å². The zero-order valence-electron chi connectivity index (χ0n) is 10.5. The van der Waals surface area contributed by atoms with Gasteiger partial charge >= 0.3 is 0 Å². The monoisotopic (exact) mass is 314 g/mol. The second kappa shape index (κ2) is 5.11. The summed E-state index contributed by atoms with van der Waals surface area (Å²) in [5.74, 6) is 1.20. The average Bonchev–Trinajstić information content (AvgIpc) is 2.28. The van der Waals surface area contributed by atoms with Gasteiger partial charge in [-0.2, -0.15) is 11.8 Å². The van der Waals surface area contributed by atoms with Gasteiger partial charge in [-0.15, -0.1) is 0 Å². The van der Waals surface area contributed by atoms with Crippen LogP contribution in [0, 0.1) is 6.92 Å². The van der Waals surface area contributed by atoms with Crippen molar-refractivity contribution < 1.29 is 0 Å². The lowest BCUT2D eigenvalue weighted by Gasteiger charge is -2.40. The smallest absolute Gasteiger partial charge is 0.0517 e. The van der Waals surface area contributed by atoms with E-state index in [0.717, 1.165) is 22.3 Å². The van der Waals surface area contributed by atoms with Gasteiger partial charge in [0.2, 0.25) is 0 Å². The largest absolute Gasteiger partial charge is 0.398 e. The van der Waals surface area contributed by atoms with Gasteiger partial charge in [0.25, 0.3) is 0 Å². The molecular formula is C13H19BrN2S. The van der Waals surface area contributed by atoms with Crippen LogP contribution in [0.3, 0.4) is 0 Å². The summed E-state index contributed by atoms with van der Waals surface area (Å²) in [4.78, 5) is 2.48. The fourth-order valence-corrected chi connectivity index (χ4v) is 3.86. The third-order valence-corrected chi connectivity index (χ3v) is 5.50. The Balaban J connectivity index is 2.36. The van der Waals surface area contributed by atoms with Crippen molar-refractivity contribution in [1.29, 1.82) is 0 Å². The molecular weight excluding hydrogens is 296 g/mol. The topological polar surface area (TPSA) is 29.3 Å². The molecule has 0 aliphatic carbocycles. The van der Waals surface area contributed by atoms with Crippen molar-refractivity contribution in [2.24, 2.45) is 0 Å². The first-order valence-corrected chi connectivity index (χ1v) is 7.78. The van der Waals surface area contributed by atoms with Crippen molar-refractivity contribution in [3.8, 4) is 0 Å². The Bertz CT molecular complexity index is 422. The van der Waals surface area contributed by atoms with E-state index in [1.54, 1.807) is 0 Å². The van der Waals surface area contributed by atoms with Gasteiger partial charge in [0.1, 0.15) is 0 Å². The highest BCUT2D eigenvalue weighted by Gasteiger charge is 2.26.